The van der Waals surface area contributed by atoms with Crippen LogP contribution in [0.3, 0.4) is 0 Å². The summed E-state index contributed by atoms with van der Waals surface area (Å²) in [6.45, 7) is 0.870. The van der Waals surface area contributed by atoms with Crippen LogP contribution in [-0.4, -0.2) is 12.8 Å². The second-order valence-electron chi connectivity index (χ2n) is 1.08. The molecule has 0 saturated carbocycles. The number of ether oxygens (including phenoxy) is 1. The lowest BCUT2D eigenvalue weighted by Gasteiger charge is -1.89. The fraction of sp³-hybridized carbons (Fsp3) is 0.400. The van der Waals surface area contributed by atoms with Gasteiger partial charge in [0.05, 0.1) is 0 Å². The van der Waals surface area contributed by atoms with Gasteiger partial charge in [-0.2, -0.15) is 5.11 Å². The Bertz CT molecular complexity index is 95.8. The van der Waals surface area contributed by atoms with Crippen molar-refractivity contribution in [3.05, 3.63) is 12.2 Å². The molecule has 0 aromatic carbocycles. The summed E-state index contributed by atoms with van der Waals surface area (Å²) in [7, 11) is 0. The first-order chi connectivity index (χ1) is 3.81. The van der Waals surface area contributed by atoms with Crippen LogP contribution in [0.1, 0.15) is 6.92 Å². The van der Waals surface area contributed by atoms with Crippen LogP contribution in [0.25, 0.3) is 0 Å². The lowest BCUT2D eigenvalue weighted by molar-refractivity contribution is -0.149. The molecular weight excluding hydrogens is 108 g/mol. The van der Waals surface area contributed by atoms with Gasteiger partial charge in [-0.1, -0.05) is 6.08 Å². The zero-order valence-electron chi connectivity index (χ0n) is 4.59. The largest absolute Gasteiger partial charge is 0.432 e. The fourth-order valence-corrected chi connectivity index (χ4v) is 0.242. The molecule has 3 heteroatoms. The number of carbonyl (C=O) groups excluding carboxylic acids is 1. The molecule has 0 fully saturated rings. The van der Waals surface area contributed by atoms with Crippen molar-refractivity contribution in [3.8, 4) is 0 Å². The van der Waals surface area contributed by atoms with Gasteiger partial charge in [0.1, 0.15) is 0 Å². The zero-order valence-corrected chi connectivity index (χ0v) is 4.59. The van der Waals surface area contributed by atoms with Crippen LogP contribution in [0.15, 0.2) is 12.2 Å². The highest BCUT2D eigenvalue weighted by atomic mass is 16.6. The van der Waals surface area contributed by atoms with E-state index in [9.17, 15) is 9.90 Å². The Labute approximate surface area is 47.6 Å². The maximum Gasteiger partial charge on any atom is 0.332 e. The van der Waals surface area contributed by atoms with Crippen LogP contribution >= 0.6 is 0 Å². The summed E-state index contributed by atoms with van der Waals surface area (Å²) in [4.78, 5) is 10.1. The van der Waals surface area contributed by atoms with Crippen LogP contribution in [0.4, 0.5) is 0 Å². The van der Waals surface area contributed by atoms with E-state index in [2.05, 4.69) is 4.74 Å². The Morgan fingerprint density at radius 3 is 2.75 bits per heavy atom. The van der Waals surface area contributed by atoms with E-state index in [1.807, 2.05) is 0 Å². The minimum Gasteiger partial charge on any atom is -0.432 e. The van der Waals surface area contributed by atoms with Crippen molar-refractivity contribution in [1.82, 2.24) is 0 Å². The van der Waals surface area contributed by atoms with Crippen molar-refractivity contribution < 1.29 is 14.6 Å². The van der Waals surface area contributed by atoms with Gasteiger partial charge < -0.3 is 4.74 Å². The molecule has 0 aliphatic carbocycles. The van der Waals surface area contributed by atoms with E-state index < -0.39 is 12.8 Å². The van der Waals surface area contributed by atoms with Gasteiger partial charge in [-0.25, -0.2) is 4.79 Å². The molecule has 0 heterocycles. The van der Waals surface area contributed by atoms with Crippen molar-refractivity contribution in [3.63, 3.8) is 0 Å². The van der Waals surface area contributed by atoms with Gasteiger partial charge in [0.2, 0.25) is 6.79 Å². The second kappa shape index (κ2) is 4.33. The summed E-state index contributed by atoms with van der Waals surface area (Å²) in [6.07, 6.45) is 2.70. The summed E-state index contributed by atoms with van der Waals surface area (Å²) < 4.78 is 4.00. The average Bonchev–Trinajstić information content (AvgIpc) is 1.68. The van der Waals surface area contributed by atoms with Gasteiger partial charge in [-0.05, 0) is 6.92 Å². The standard InChI is InChI=1S/C5H7O3/c1-2-3-5(7)8-4-6/h2-3H,4H2,1H3. The predicted molar refractivity (Wildman–Crippen MR) is 26.5 cm³/mol. The van der Waals surface area contributed by atoms with Gasteiger partial charge in [0, 0.05) is 6.08 Å². The number of hydrogen-bond donors (Lipinski definition) is 0. The first-order valence-electron chi connectivity index (χ1n) is 2.18. The Hall–Kier alpha value is -0.830. The topological polar surface area (TPSA) is 46.2 Å². The smallest absolute Gasteiger partial charge is 0.332 e. The summed E-state index contributed by atoms with van der Waals surface area (Å²) in [6, 6.07) is 0. The van der Waals surface area contributed by atoms with E-state index in [0.29, 0.717) is 0 Å². The maximum absolute atomic E-state index is 10.1. The highest BCUT2D eigenvalue weighted by Crippen LogP contribution is 1.77. The first kappa shape index (κ1) is 7.17. The molecular formula is C5H7O3. The van der Waals surface area contributed by atoms with Gasteiger partial charge >= 0.3 is 5.97 Å². The highest BCUT2D eigenvalue weighted by molar-refractivity contribution is 5.81. The van der Waals surface area contributed by atoms with Crippen LogP contribution < -0.4 is 0 Å². The second-order valence-corrected chi connectivity index (χ2v) is 1.08. The first-order valence-corrected chi connectivity index (χ1v) is 2.18. The molecule has 0 spiro atoms. The number of allylic oxidation sites excluding steroid dienone is 1. The quantitative estimate of drug-likeness (QED) is 0.299. The van der Waals surface area contributed by atoms with Gasteiger partial charge in [0.15, 0.2) is 0 Å². The highest BCUT2D eigenvalue weighted by Gasteiger charge is 1.90. The van der Waals surface area contributed by atoms with Gasteiger partial charge in [-0.3, -0.25) is 0 Å². The molecule has 0 N–H and O–H groups in total. The Balaban J connectivity index is 3.33. The monoisotopic (exact) mass is 115 g/mol. The molecule has 3 nitrogen and oxygen atoms in total. The lowest BCUT2D eigenvalue weighted by Crippen LogP contribution is -1.99. The number of rotatable bonds is 2. The van der Waals surface area contributed by atoms with Gasteiger partial charge in [0.25, 0.3) is 0 Å². The minimum absolute atomic E-state index is 0.581. The molecule has 0 unspecified atom stereocenters. The molecule has 1 radical (unpaired) electrons. The van der Waals surface area contributed by atoms with Crippen LogP contribution in [0.2, 0.25) is 0 Å². The number of esters is 1. The van der Waals surface area contributed by atoms with E-state index >= 15 is 0 Å². The molecule has 0 bridgehead atoms. The minimum atomic E-state index is -0.802. The zero-order chi connectivity index (χ0) is 6.41. The molecule has 0 aliphatic heterocycles. The molecule has 0 amide bonds. The van der Waals surface area contributed by atoms with E-state index in [1.165, 1.54) is 12.2 Å². The molecule has 0 atom stereocenters. The van der Waals surface area contributed by atoms with E-state index in [-0.39, 0.29) is 0 Å². The summed E-state index contributed by atoms with van der Waals surface area (Å²) in [5.41, 5.74) is 0. The predicted octanol–water partition coefficient (Wildman–Crippen LogP) is 0.494. The van der Waals surface area contributed by atoms with Crippen LogP contribution in [-0.2, 0) is 14.6 Å². The van der Waals surface area contributed by atoms with Crippen molar-refractivity contribution in [1.29, 1.82) is 0 Å². The summed E-state index contributed by atoms with van der Waals surface area (Å²) in [5, 5.41) is 9.54. The van der Waals surface area contributed by atoms with Crippen molar-refractivity contribution >= 4 is 5.97 Å². The molecule has 8 heavy (non-hydrogen) atoms. The molecule has 0 aliphatic rings. The Morgan fingerprint density at radius 2 is 2.38 bits per heavy atom. The van der Waals surface area contributed by atoms with Gasteiger partial charge in [-0.15, -0.1) is 0 Å². The summed E-state index contributed by atoms with van der Waals surface area (Å²) >= 11 is 0. The third kappa shape index (κ3) is 3.36. The van der Waals surface area contributed by atoms with E-state index in [1.54, 1.807) is 6.92 Å². The molecule has 45 valence electrons. The van der Waals surface area contributed by atoms with Crippen LogP contribution in [0.5, 0.6) is 0 Å². The average molecular weight is 115 g/mol. The number of carbonyl (C=O) groups is 1. The molecule has 0 saturated heterocycles. The van der Waals surface area contributed by atoms with E-state index in [0.717, 1.165) is 0 Å². The lowest BCUT2D eigenvalue weighted by atomic mass is 10.5. The number of hydrogen-bond acceptors (Lipinski definition) is 2. The van der Waals surface area contributed by atoms with Crippen molar-refractivity contribution in [2.75, 3.05) is 6.79 Å². The fourth-order valence-electron chi connectivity index (χ4n) is 0.242. The maximum atomic E-state index is 10.1. The third-order valence-electron chi connectivity index (χ3n) is 0.504. The van der Waals surface area contributed by atoms with Crippen molar-refractivity contribution in [2.45, 2.75) is 6.92 Å². The molecule has 0 rings (SSSR count). The SMILES string of the molecule is CC=CC(=O)OC[O]. The van der Waals surface area contributed by atoms with Crippen molar-refractivity contribution in [2.24, 2.45) is 0 Å². The Morgan fingerprint density at radius 1 is 1.75 bits per heavy atom. The summed E-state index contributed by atoms with van der Waals surface area (Å²) in [5.74, 6) is -0.581. The third-order valence-corrected chi connectivity index (χ3v) is 0.504. The Kier molecular flexibility index (Phi) is 3.88. The normalized spacial score (nSPS) is 9.75. The van der Waals surface area contributed by atoms with Crippen LogP contribution in [0, 0.1) is 0 Å². The molecule has 0 aromatic heterocycles. The van der Waals surface area contributed by atoms with E-state index in [4.69, 9.17) is 0 Å². The molecule has 0 aromatic rings.